The Morgan fingerprint density at radius 1 is 1.00 bits per heavy atom. The first kappa shape index (κ1) is 27.6. The van der Waals surface area contributed by atoms with Gasteiger partial charge >= 0.3 is 6.03 Å². The van der Waals surface area contributed by atoms with Crippen LogP contribution in [0.1, 0.15) is 42.4 Å². The number of aromatic nitrogens is 2. The van der Waals surface area contributed by atoms with Gasteiger partial charge in [0.1, 0.15) is 11.5 Å². The molecule has 0 aliphatic carbocycles. The second-order valence-corrected chi connectivity index (χ2v) is 11.4. The minimum atomic E-state index is -3.27. The van der Waals surface area contributed by atoms with Gasteiger partial charge in [0, 0.05) is 45.5 Å². The van der Waals surface area contributed by atoms with Crippen molar-refractivity contribution >= 4 is 33.4 Å². The minimum absolute atomic E-state index is 0.0501. The third-order valence-electron chi connectivity index (χ3n) is 6.88. The van der Waals surface area contributed by atoms with E-state index < -0.39 is 10.0 Å². The molecule has 0 atom stereocenters. The Hall–Kier alpha value is -3.44. The van der Waals surface area contributed by atoms with Crippen LogP contribution in [0.3, 0.4) is 0 Å². The lowest BCUT2D eigenvalue weighted by molar-refractivity contribution is 0.0697. The van der Waals surface area contributed by atoms with Crippen LogP contribution in [0.2, 0.25) is 0 Å². The first-order valence-corrected chi connectivity index (χ1v) is 14.8. The fourth-order valence-corrected chi connectivity index (χ4v) is 5.79. The first-order valence-electron chi connectivity index (χ1n) is 13.2. The van der Waals surface area contributed by atoms with E-state index in [1.54, 1.807) is 35.1 Å². The Kier molecular flexibility index (Phi) is 8.68. The average Bonchev–Trinajstić information content (AvgIpc) is 3.31. The molecule has 0 bridgehead atoms. The summed E-state index contributed by atoms with van der Waals surface area (Å²) in [6, 6.07) is 13.3. The number of hydrogen-bond acceptors (Lipinski definition) is 5. The molecule has 1 fully saturated rings. The van der Waals surface area contributed by atoms with Gasteiger partial charge in [-0.3, -0.25) is 14.1 Å². The number of pyridine rings is 1. The topological polar surface area (TPSA) is 107 Å². The first-order chi connectivity index (χ1) is 18.3. The van der Waals surface area contributed by atoms with E-state index in [1.807, 2.05) is 48.6 Å². The fraction of sp³-hybridized carbons (Fsp3) is 0.444. The second kappa shape index (κ2) is 12.0. The summed E-state index contributed by atoms with van der Waals surface area (Å²) in [5, 5.41) is 3.01. The third-order valence-corrected chi connectivity index (χ3v) is 8.76. The van der Waals surface area contributed by atoms with Gasteiger partial charge in [-0.05, 0) is 44.4 Å². The number of fused-ring (bicyclic) bond motifs is 1. The molecule has 0 radical (unpaired) electrons. The molecule has 10 nitrogen and oxygen atoms in total. The zero-order valence-electron chi connectivity index (χ0n) is 22.3. The van der Waals surface area contributed by atoms with Crippen molar-refractivity contribution in [2.45, 2.75) is 33.6 Å². The molecule has 1 aliphatic rings. The highest BCUT2D eigenvalue weighted by Crippen LogP contribution is 2.25. The number of carbonyl (C=O) groups is 2. The Balaban J connectivity index is 1.53. The molecule has 1 aliphatic heterocycles. The van der Waals surface area contributed by atoms with Gasteiger partial charge in [-0.25, -0.2) is 18.2 Å². The number of carbonyl (C=O) groups excluding carboxylic acids is 2. The number of hydrogen-bond donors (Lipinski definition) is 1. The molecule has 3 aromatic rings. The smallest absolute Gasteiger partial charge is 0.323 e. The number of rotatable bonds is 9. The van der Waals surface area contributed by atoms with Crippen molar-refractivity contribution in [1.29, 1.82) is 0 Å². The summed E-state index contributed by atoms with van der Waals surface area (Å²) in [5.74, 6) is 0.526. The minimum Gasteiger partial charge on any atom is -0.337 e. The number of urea groups is 1. The molecule has 0 spiro atoms. The summed E-state index contributed by atoms with van der Waals surface area (Å²) in [6.45, 7) is 7.69. The second-order valence-electron chi connectivity index (χ2n) is 9.19. The van der Waals surface area contributed by atoms with Gasteiger partial charge in [-0.2, -0.15) is 4.31 Å². The molecule has 1 aromatic carbocycles. The van der Waals surface area contributed by atoms with E-state index >= 15 is 0 Å². The summed E-state index contributed by atoms with van der Waals surface area (Å²) < 4.78 is 27.6. The van der Waals surface area contributed by atoms with Crippen LogP contribution in [0.15, 0.2) is 48.7 Å². The predicted octanol–water partition coefficient (Wildman–Crippen LogP) is 2.78. The quantitative estimate of drug-likeness (QED) is 0.449. The number of anilines is 1. The summed E-state index contributed by atoms with van der Waals surface area (Å²) in [4.78, 5) is 34.6. The molecule has 2 aromatic heterocycles. The normalized spacial score (nSPS) is 14.6. The molecule has 1 N–H and O–H groups in total. The highest BCUT2D eigenvalue weighted by Gasteiger charge is 2.29. The maximum Gasteiger partial charge on any atom is 0.323 e. The van der Waals surface area contributed by atoms with Crippen molar-refractivity contribution in [1.82, 2.24) is 23.9 Å². The molecule has 3 amide bonds. The Morgan fingerprint density at radius 2 is 1.71 bits per heavy atom. The van der Waals surface area contributed by atoms with E-state index in [-0.39, 0.29) is 30.8 Å². The summed E-state index contributed by atoms with van der Waals surface area (Å²) in [6.07, 6.45) is 3.08. The van der Waals surface area contributed by atoms with Gasteiger partial charge in [0.05, 0.1) is 17.0 Å². The molecule has 3 heterocycles. The molecule has 204 valence electrons. The Bertz CT molecular complexity index is 1380. The molecular weight excluding hydrogens is 504 g/mol. The third kappa shape index (κ3) is 5.83. The average molecular weight is 541 g/mol. The van der Waals surface area contributed by atoms with Crippen LogP contribution < -0.4 is 10.2 Å². The lowest BCUT2D eigenvalue weighted by atomic mass is 10.1. The number of aryl methyl sites for hydroxylation is 1. The van der Waals surface area contributed by atoms with Crippen LogP contribution in [-0.2, 0) is 22.9 Å². The van der Waals surface area contributed by atoms with Gasteiger partial charge in [0.2, 0.25) is 10.0 Å². The molecule has 11 heteroatoms. The molecule has 0 saturated carbocycles. The van der Waals surface area contributed by atoms with Crippen LogP contribution in [0.25, 0.3) is 5.65 Å². The van der Waals surface area contributed by atoms with Crippen LogP contribution in [-0.4, -0.2) is 84.0 Å². The lowest BCUT2D eigenvalue weighted by Crippen LogP contribution is -2.50. The van der Waals surface area contributed by atoms with Crippen LogP contribution >= 0.6 is 0 Å². The van der Waals surface area contributed by atoms with Crippen molar-refractivity contribution in [3.8, 4) is 0 Å². The highest BCUT2D eigenvalue weighted by atomic mass is 32.2. The highest BCUT2D eigenvalue weighted by molar-refractivity contribution is 7.89. The molecule has 38 heavy (non-hydrogen) atoms. The monoisotopic (exact) mass is 540 g/mol. The number of sulfonamides is 1. The van der Waals surface area contributed by atoms with Gasteiger partial charge in [-0.1, -0.05) is 37.3 Å². The number of piperazine rings is 1. The number of nitrogens with one attached hydrogen (secondary N) is 1. The number of nitrogens with zero attached hydrogens (tertiary/aromatic N) is 5. The summed E-state index contributed by atoms with van der Waals surface area (Å²) in [5.41, 5.74) is 3.04. The van der Waals surface area contributed by atoms with Crippen LogP contribution in [0.4, 0.5) is 10.6 Å². The van der Waals surface area contributed by atoms with Gasteiger partial charge in [-0.15, -0.1) is 0 Å². The SMILES string of the molecule is CCc1nc2ccc(C(=O)N3CCN(S(=O)(=O)CC)CC3)cn2c1N(CC)C(=O)NCCc1ccccc1. The zero-order valence-corrected chi connectivity index (χ0v) is 23.1. The van der Waals surface area contributed by atoms with Crippen molar-refractivity contribution in [2.24, 2.45) is 0 Å². The maximum absolute atomic E-state index is 13.3. The number of benzene rings is 1. The van der Waals surface area contributed by atoms with Crippen LogP contribution in [0, 0.1) is 0 Å². The van der Waals surface area contributed by atoms with E-state index in [0.717, 1.165) is 17.7 Å². The van der Waals surface area contributed by atoms with E-state index in [0.29, 0.717) is 49.6 Å². The Morgan fingerprint density at radius 3 is 2.34 bits per heavy atom. The number of amides is 3. The van der Waals surface area contributed by atoms with E-state index in [9.17, 15) is 18.0 Å². The van der Waals surface area contributed by atoms with Gasteiger partial charge in [0.25, 0.3) is 5.91 Å². The fourth-order valence-electron chi connectivity index (χ4n) is 4.71. The largest absolute Gasteiger partial charge is 0.337 e. The summed E-state index contributed by atoms with van der Waals surface area (Å²) in [7, 11) is -3.27. The van der Waals surface area contributed by atoms with E-state index in [4.69, 9.17) is 4.98 Å². The summed E-state index contributed by atoms with van der Waals surface area (Å²) >= 11 is 0. The van der Waals surface area contributed by atoms with Crippen molar-refractivity contribution in [2.75, 3.05) is 49.9 Å². The molecule has 4 rings (SSSR count). The predicted molar refractivity (Wildman–Crippen MR) is 148 cm³/mol. The zero-order chi connectivity index (χ0) is 27.3. The van der Waals surface area contributed by atoms with E-state index in [2.05, 4.69) is 5.32 Å². The van der Waals surface area contributed by atoms with Gasteiger partial charge < -0.3 is 10.2 Å². The Labute approximate surface area is 224 Å². The van der Waals surface area contributed by atoms with Crippen molar-refractivity contribution in [3.05, 3.63) is 65.5 Å². The molecule has 1 saturated heterocycles. The van der Waals surface area contributed by atoms with Crippen LogP contribution in [0.5, 0.6) is 0 Å². The lowest BCUT2D eigenvalue weighted by Gasteiger charge is -2.33. The van der Waals surface area contributed by atoms with Crippen molar-refractivity contribution < 1.29 is 18.0 Å². The standard InChI is InChI=1S/C27H36N6O4S/c1-4-23-25(32(5-2)27(35)28-15-14-21-10-8-7-9-11-21)33-20-22(12-13-24(33)29-23)26(34)30-16-18-31(19-17-30)38(36,37)6-3/h7-13,20H,4-6,14-19H2,1-3H3,(H,28,35). The van der Waals surface area contributed by atoms with E-state index in [1.165, 1.54) is 4.31 Å². The maximum atomic E-state index is 13.3. The molecular formula is C27H36N6O4S. The van der Waals surface area contributed by atoms with Gasteiger partial charge in [0.15, 0.2) is 0 Å². The van der Waals surface area contributed by atoms with Crippen molar-refractivity contribution in [3.63, 3.8) is 0 Å². The number of imidazole rings is 1. The molecule has 0 unspecified atom stereocenters.